The molecule has 0 amide bonds. The summed E-state index contributed by atoms with van der Waals surface area (Å²) in [4.78, 5) is 60.3. The summed E-state index contributed by atoms with van der Waals surface area (Å²) < 4.78 is 10.6. The Kier molecular flexibility index (Phi) is 5.24. The number of Topliss-reactive ketones (excluding diaryl/α,β-unsaturated/α-hetero) is 2. The minimum Gasteiger partial charge on any atom is -0.402 e. The molecule has 0 aliphatic heterocycles. The summed E-state index contributed by atoms with van der Waals surface area (Å²) in [5.74, 6) is -1.27. The summed E-state index contributed by atoms with van der Waals surface area (Å²) in [5.41, 5.74) is -0.122. The van der Waals surface area contributed by atoms with Crippen LogP contribution in [0.5, 0.6) is 0 Å². The molecule has 0 saturated heterocycles. The van der Waals surface area contributed by atoms with E-state index in [0.29, 0.717) is 31.6 Å². The number of carbonyl (C=O) groups excluding carboxylic acids is 2. The summed E-state index contributed by atoms with van der Waals surface area (Å²) in [6.45, 7) is 0. The average Bonchev–Trinajstić information content (AvgIpc) is 3.59. The Hall–Kier alpha value is -4.54. The van der Waals surface area contributed by atoms with Gasteiger partial charge >= 0.3 is 11.3 Å². The van der Waals surface area contributed by atoms with Gasteiger partial charge in [-0.05, 0) is 48.5 Å². The van der Waals surface area contributed by atoms with Crippen LogP contribution in [0, 0.1) is 0 Å². The first-order valence-electron chi connectivity index (χ1n) is 10.6. The molecule has 4 aromatic heterocycles. The number of ketones is 2. The van der Waals surface area contributed by atoms with E-state index >= 15 is 0 Å². The van der Waals surface area contributed by atoms with Crippen LogP contribution in [0.4, 0.5) is 0 Å². The molecule has 36 heavy (non-hydrogen) atoms. The first kappa shape index (κ1) is 22.0. The van der Waals surface area contributed by atoms with E-state index in [0.717, 1.165) is 22.7 Å². The number of hydrogen-bond donors (Lipinski definition) is 0. The molecule has 0 N–H and O–H groups in total. The molecule has 0 fully saturated rings. The minimum absolute atomic E-state index is 0.0750. The van der Waals surface area contributed by atoms with Crippen LogP contribution in [0.1, 0.15) is 19.3 Å². The summed E-state index contributed by atoms with van der Waals surface area (Å²) >= 11 is 2.02. The van der Waals surface area contributed by atoms with Gasteiger partial charge in [-0.3, -0.25) is 9.59 Å². The number of thiophene rings is 2. The highest BCUT2D eigenvalue weighted by molar-refractivity contribution is 7.20. The number of benzene rings is 2. The molecular weight excluding hydrogens is 500 g/mol. The lowest BCUT2D eigenvalue weighted by Gasteiger charge is -1.99. The van der Waals surface area contributed by atoms with E-state index in [4.69, 9.17) is 8.83 Å². The quantitative estimate of drug-likeness (QED) is 0.228. The highest BCUT2D eigenvalue weighted by atomic mass is 32.1. The maximum Gasteiger partial charge on any atom is 0.347 e. The third kappa shape index (κ3) is 3.78. The standard InChI is InChI=1S/C26H12N2O6S2/c29-21(17-9-11-19(35-17)23-27-15-7-3-1-5-13(15)25(31)33-23)22(30)18-10-12-20(36-18)24-28-16-8-4-2-6-14(16)26(32)34-24/h1-12H. The van der Waals surface area contributed by atoms with E-state index in [1.807, 2.05) is 0 Å². The lowest BCUT2D eigenvalue weighted by molar-refractivity contribution is 0.0821. The van der Waals surface area contributed by atoms with Crippen molar-refractivity contribution in [1.82, 2.24) is 9.97 Å². The van der Waals surface area contributed by atoms with Crippen molar-refractivity contribution in [2.45, 2.75) is 0 Å². The molecule has 0 spiro atoms. The van der Waals surface area contributed by atoms with Gasteiger partial charge in [-0.1, -0.05) is 24.3 Å². The first-order chi connectivity index (χ1) is 17.5. The van der Waals surface area contributed by atoms with Crippen molar-refractivity contribution in [3.05, 3.63) is 103 Å². The lowest BCUT2D eigenvalue weighted by atomic mass is 10.2. The van der Waals surface area contributed by atoms with Crippen LogP contribution >= 0.6 is 22.7 Å². The van der Waals surface area contributed by atoms with E-state index < -0.39 is 22.8 Å². The second-order valence-corrected chi connectivity index (χ2v) is 9.80. The fourth-order valence-corrected chi connectivity index (χ4v) is 5.36. The Morgan fingerprint density at radius 2 is 1.00 bits per heavy atom. The van der Waals surface area contributed by atoms with Crippen LogP contribution in [-0.4, -0.2) is 21.5 Å². The highest BCUT2D eigenvalue weighted by Crippen LogP contribution is 2.31. The number of nitrogens with zero attached hydrogens (tertiary/aromatic N) is 2. The Balaban J connectivity index is 1.28. The molecule has 0 saturated carbocycles. The zero-order valence-corrected chi connectivity index (χ0v) is 19.7. The van der Waals surface area contributed by atoms with Gasteiger partial charge in [-0.15, -0.1) is 22.7 Å². The number of aromatic nitrogens is 2. The third-order valence-corrected chi connectivity index (χ3v) is 7.50. The molecule has 10 heteroatoms. The van der Waals surface area contributed by atoms with Gasteiger partial charge in [0.25, 0.3) is 0 Å². The van der Waals surface area contributed by atoms with Gasteiger partial charge in [0, 0.05) is 0 Å². The summed E-state index contributed by atoms with van der Waals surface area (Å²) in [6.07, 6.45) is 0. The highest BCUT2D eigenvalue weighted by Gasteiger charge is 2.24. The van der Waals surface area contributed by atoms with Crippen molar-refractivity contribution in [3.63, 3.8) is 0 Å². The SMILES string of the molecule is O=C(C(=O)c1ccc(-c2nc3ccccc3c(=O)o2)s1)c1ccc(-c2nc3ccccc3c(=O)o2)s1. The summed E-state index contributed by atoms with van der Waals surface area (Å²) in [6, 6.07) is 19.7. The normalized spacial score (nSPS) is 11.2. The molecule has 6 rings (SSSR count). The zero-order valence-electron chi connectivity index (χ0n) is 18.1. The molecule has 0 atom stereocenters. The smallest absolute Gasteiger partial charge is 0.347 e. The largest absolute Gasteiger partial charge is 0.402 e. The molecule has 0 unspecified atom stereocenters. The minimum atomic E-state index is -0.712. The van der Waals surface area contributed by atoms with Crippen molar-refractivity contribution < 1.29 is 18.4 Å². The van der Waals surface area contributed by atoms with Gasteiger partial charge in [0.05, 0.1) is 41.3 Å². The first-order valence-corrected chi connectivity index (χ1v) is 12.2. The third-order valence-electron chi connectivity index (χ3n) is 5.36. The van der Waals surface area contributed by atoms with Gasteiger partial charge in [0.2, 0.25) is 23.3 Å². The van der Waals surface area contributed by atoms with Gasteiger partial charge < -0.3 is 8.83 Å². The fraction of sp³-hybridized carbons (Fsp3) is 0. The van der Waals surface area contributed by atoms with Crippen molar-refractivity contribution in [3.8, 4) is 21.5 Å². The van der Waals surface area contributed by atoms with E-state index in [9.17, 15) is 19.2 Å². The molecule has 0 bridgehead atoms. The molecule has 6 aromatic rings. The Morgan fingerprint density at radius 3 is 1.44 bits per heavy atom. The lowest BCUT2D eigenvalue weighted by Crippen LogP contribution is -2.11. The van der Waals surface area contributed by atoms with Crippen LogP contribution in [0.3, 0.4) is 0 Å². The van der Waals surface area contributed by atoms with Crippen LogP contribution in [0.15, 0.2) is 91.2 Å². The molecule has 2 aromatic carbocycles. The van der Waals surface area contributed by atoms with Crippen LogP contribution in [0.2, 0.25) is 0 Å². The molecule has 8 nitrogen and oxygen atoms in total. The molecule has 174 valence electrons. The van der Waals surface area contributed by atoms with Crippen LogP contribution in [0.25, 0.3) is 43.3 Å². The Labute approximate surface area is 209 Å². The van der Waals surface area contributed by atoms with E-state index in [1.54, 1.807) is 60.7 Å². The summed E-state index contributed by atoms with van der Waals surface area (Å²) in [7, 11) is 0. The van der Waals surface area contributed by atoms with Crippen LogP contribution < -0.4 is 11.3 Å². The summed E-state index contributed by atoms with van der Waals surface area (Å²) in [5, 5.41) is 0.712. The number of fused-ring (bicyclic) bond motifs is 2. The van der Waals surface area contributed by atoms with Crippen molar-refractivity contribution in [2.24, 2.45) is 0 Å². The predicted octanol–water partition coefficient (Wildman–Crippen LogP) is 5.21. The van der Waals surface area contributed by atoms with Gasteiger partial charge in [0.1, 0.15) is 0 Å². The Morgan fingerprint density at radius 1 is 0.583 bits per heavy atom. The number of hydrogen-bond acceptors (Lipinski definition) is 10. The predicted molar refractivity (Wildman–Crippen MR) is 136 cm³/mol. The Bertz CT molecular complexity index is 1800. The monoisotopic (exact) mass is 512 g/mol. The number of carbonyl (C=O) groups is 2. The number of rotatable bonds is 5. The average molecular weight is 513 g/mol. The topological polar surface area (TPSA) is 120 Å². The number of para-hydroxylation sites is 2. The zero-order chi connectivity index (χ0) is 24.8. The van der Waals surface area contributed by atoms with Crippen molar-refractivity contribution >= 4 is 56.0 Å². The van der Waals surface area contributed by atoms with Crippen molar-refractivity contribution in [1.29, 1.82) is 0 Å². The maximum atomic E-state index is 12.9. The van der Waals surface area contributed by atoms with E-state index in [-0.39, 0.29) is 21.5 Å². The molecule has 0 radical (unpaired) electrons. The second kappa shape index (κ2) is 8.59. The second-order valence-electron chi connectivity index (χ2n) is 7.63. The molecule has 0 aliphatic rings. The molecule has 0 aliphatic carbocycles. The molecule has 4 heterocycles. The maximum absolute atomic E-state index is 12.9. The van der Waals surface area contributed by atoms with Crippen LogP contribution in [-0.2, 0) is 0 Å². The fourth-order valence-electron chi connectivity index (χ4n) is 3.62. The van der Waals surface area contributed by atoms with E-state index in [2.05, 4.69) is 9.97 Å². The van der Waals surface area contributed by atoms with E-state index in [1.165, 1.54) is 12.1 Å². The van der Waals surface area contributed by atoms with Gasteiger partial charge in [-0.25, -0.2) is 19.6 Å². The van der Waals surface area contributed by atoms with Gasteiger partial charge in [-0.2, -0.15) is 0 Å². The van der Waals surface area contributed by atoms with Crippen molar-refractivity contribution in [2.75, 3.05) is 0 Å². The van der Waals surface area contributed by atoms with Gasteiger partial charge in [0.15, 0.2) is 0 Å². The molecular formula is C26H12N2O6S2.